The molecule has 16 heavy (non-hydrogen) atoms. The third kappa shape index (κ3) is 3.20. The van der Waals surface area contributed by atoms with Gasteiger partial charge in [-0.05, 0) is 12.1 Å². The smallest absolute Gasteiger partial charge is 0.325 e. The van der Waals surface area contributed by atoms with E-state index in [0.717, 1.165) is 0 Å². The van der Waals surface area contributed by atoms with Gasteiger partial charge in [-0.1, -0.05) is 17.7 Å². The highest BCUT2D eigenvalue weighted by atomic mass is 35.5. The third-order valence-electron chi connectivity index (χ3n) is 1.87. The first-order chi connectivity index (χ1) is 7.54. The van der Waals surface area contributed by atoms with E-state index < -0.39 is 5.97 Å². The predicted molar refractivity (Wildman–Crippen MR) is 58.2 cm³/mol. The van der Waals surface area contributed by atoms with Crippen molar-refractivity contribution in [2.75, 3.05) is 20.7 Å². The van der Waals surface area contributed by atoms with Crippen LogP contribution in [0.25, 0.3) is 0 Å². The van der Waals surface area contributed by atoms with Crippen LogP contribution in [0.5, 0.6) is 0 Å². The molecule has 0 saturated heterocycles. The van der Waals surface area contributed by atoms with E-state index in [-0.39, 0.29) is 23.3 Å². The Kier molecular flexibility index (Phi) is 4.25. The number of pyridine rings is 1. The van der Waals surface area contributed by atoms with Gasteiger partial charge in [0.2, 0.25) is 0 Å². The maximum Gasteiger partial charge on any atom is 0.325 e. The van der Waals surface area contributed by atoms with E-state index >= 15 is 0 Å². The molecule has 6 heteroatoms. The van der Waals surface area contributed by atoms with Crippen LogP contribution in [-0.4, -0.2) is 42.5 Å². The first kappa shape index (κ1) is 12.4. The molecule has 86 valence electrons. The molecule has 1 amide bonds. The van der Waals surface area contributed by atoms with Gasteiger partial charge in [-0.2, -0.15) is 0 Å². The van der Waals surface area contributed by atoms with Crippen LogP contribution in [0.15, 0.2) is 18.2 Å². The van der Waals surface area contributed by atoms with Gasteiger partial charge in [0.25, 0.3) is 5.91 Å². The Morgan fingerprint density at radius 3 is 2.75 bits per heavy atom. The molecule has 1 aromatic rings. The van der Waals surface area contributed by atoms with E-state index in [1.165, 1.54) is 25.1 Å². The summed E-state index contributed by atoms with van der Waals surface area (Å²) in [6, 6.07) is 4.72. The Balaban J connectivity index is 2.74. The lowest BCUT2D eigenvalue weighted by atomic mass is 10.3. The predicted octanol–water partition coefficient (Wildman–Crippen LogP) is 0.980. The number of carbonyl (C=O) groups is 2. The fourth-order valence-electron chi connectivity index (χ4n) is 1.05. The van der Waals surface area contributed by atoms with Crippen LogP contribution in [0.4, 0.5) is 0 Å². The van der Waals surface area contributed by atoms with Gasteiger partial charge >= 0.3 is 5.97 Å². The van der Waals surface area contributed by atoms with Crippen molar-refractivity contribution >= 4 is 23.5 Å². The van der Waals surface area contributed by atoms with Crippen molar-refractivity contribution in [3.8, 4) is 0 Å². The van der Waals surface area contributed by atoms with Gasteiger partial charge in [0.15, 0.2) is 0 Å². The Morgan fingerprint density at radius 1 is 1.50 bits per heavy atom. The molecular formula is C10H11ClN2O3. The molecule has 0 atom stereocenters. The van der Waals surface area contributed by atoms with Crippen LogP contribution in [0, 0.1) is 0 Å². The summed E-state index contributed by atoms with van der Waals surface area (Å²) < 4.78 is 4.45. The first-order valence-corrected chi connectivity index (χ1v) is 4.87. The molecule has 0 fully saturated rings. The molecule has 0 spiro atoms. The average molecular weight is 243 g/mol. The van der Waals surface area contributed by atoms with Gasteiger partial charge in [-0.15, -0.1) is 0 Å². The molecule has 0 aliphatic heterocycles. The first-order valence-electron chi connectivity index (χ1n) is 4.49. The Labute approximate surface area is 98.0 Å². The fraction of sp³-hybridized carbons (Fsp3) is 0.300. The van der Waals surface area contributed by atoms with Crippen molar-refractivity contribution in [1.29, 1.82) is 0 Å². The highest BCUT2D eigenvalue weighted by Gasteiger charge is 2.16. The van der Waals surface area contributed by atoms with Gasteiger partial charge in [-0.3, -0.25) is 9.59 Å². The number of halogens is 1. The SMILES string of the molecule is COC(=O)CN(C)C(=O)c1cccc(Cl)n1. The Bertz CT molecular complexity index is 409. The van der Waals surface area contributed by atoms with E-state index in [9.17, 15) is 9.59 Å². The largest absolute Gasteiger partial charge is 0.468 e. The molecule has 0 unspecified atom stereocenters. The standard InChI is InChI=1S/C10H11ClN2O3/c1-13(6-9(14)16-2)10(15)7-4-3-5-8(11)12-7/h3-5H,6H2,1-2H3. The second kappa shape index (κ2) is 5.46. The molecule has 0 aliphatic rings. The number of hydrogen-bond acceptors (Lipinski definition) is 4. The zero-order chi connectivity index (χ0) is 12.1. The zero-order valence-electron chi connectivity index (χ0n) is 8.94. The summed E-state index contributed by atoms with van der Waals surface area (Å²) >= 11 is 5.65. The lowest BCUT2D eigenvalue weighted by Gasteiger charge is -2.14. The number of nitrogens with zero attached hydrogens (tertiary/aromatic N) is 2. The number of carbonyl (C=O) groups excluding carboxylic acids is 2. The van der Waals surface area contributed by atoms with Crippen molar-refractivity contribution in [3.05, 3.63) is 29.0 Å². The number of aromatic nitrogens is 1. The van der Waals surface area contributed by atoms with Gasteiger partial charge < -0.3 is 9.64 Å². The summed E-state index contributed by atoms with van der Waals surface area (Å²) in [5, 5.41) is 0.234. The van der Waals surface area contributed by atoms with Crippen LogP contribution in [0.1, 0.15) is 10.5 Å². The molecular weight excluding hydrogens is 232 g/mol. The highest BCUT2D eigenvalue weighted by Crippen LogP contribution is 2.07. The number of likely N-dealkylation sites (N-methyl/N-ethyl adjacent to an activating group) is 1. The minimum atomic E-state index is -0.488. The lowest BCUT2D eigenvalue weighted by molar-refractivity contribution is -0.141. The van der Waals surface area contributed by atoms with Crippen LogP contribution >= 0.6 is 11.6 Å². The summed E-state index contributed by atoms with van der Waals surface area (Å²) in [7, 11) is 2.75. The summed E-state index contributed by atoms with van der Waals surface area (Å²) in [5.41, 5.74) is 0.193. The number of methoxy groups -OCH3 is 1. The van der Waals surface area contributed by atoms with Crippen molar-refractivity contribution in [3.63, 3.8) is 0 Å². The van der Waals surface area contributed by atoms with E-state index in [1.807, 2.05) is 0 Å². The molecule has 1 heterocycles. The quantitative estimate of drug-likeness (QED) is 0.586. The highest BCUT2D eigenvalue weighted by molar-refractivity contribution is 6.29. The molecule has 0 N–H and O–H groups in total. The molecule has 0 aromatic carbocycles. The zero-order valence-corrected chi connectivity index (χ0v) is 9.69. The van der Waals surface area contributed by atoms with Crippen molar-refractivity contribution in [2.24, 2.45) is 0 Å². The summed E-state index contributed by atoms with van der Waals surface area (Å²) in [4.78, 5) is 27.8. The Hall–Kier alpha value is -1.62. The number of rotatable bonds is 3. The number of esters is 1. The van der Waals surface area contributed by atoms with Crippen LogP contribution < -0.4 is 0 Å². The molecule has 0 saturated carbocycles. The molecule has 0 aliphatic carbocycles. The van der Waals surface area contributed by atoms with Crippen LogP contribution in [0.3, 0.4) is 0 Å². The van der Waals surface area contributed by atoms with Crippen molar-refractivity contribution < 1.29 is 14.3 Å². The van der Waals surface area contributed by atoms with Crippen molar-refractivity contribution in [2.45, 2.75) is 0 Å². The molecule has 1 aromatic heterocycles. The maximum absolute atomic E-state index is 11.7. The third-order valence-corrected chi connectivity index (χ3v) is 2.09. The van der Waals surface area contributed by atoms with Gasteiger partial charge in [0, 0.05) is 7.05 Å². The fourth-order valence-corrected chi connectivity index (χ4v) is 1.22. The van der Waals surface area contributed by atoms with Crippen LogP contribution in [-0.2, 0) is 9.53 Å². The van der Waals surface area contributed by atoms with E-state index in [0.29, 0.717) is 0 Å². The molecule has 1 rings (SSSR count). The maximum atomic E-state index is 11.7. The van der Waals surface area contributed by atoms with Gasteiger partial charge in [0.05, 0.1) is 7.11 Å². The number of hydrogen-bond donors (Lipinski definition) is 0. The summed E-state index contributed by atoms with van der Waals surface area (Å²) in [6.07, 6.45) is 0. The lowest BCUT2D eigenvalue weighted by Crippen LogP contribution is -2.33. The monoisotopic (exact) mass is 242 g/mol. The second-order valence-electron chi connectivity index (χ2n) is 3.08. The summed E-state index contributed by atoms with van der Waals surface area (Å²) in [5.74, 6) is -0.870. The minimum Gasteiger partial charge on any atom is -0.468 e. The summed E-state index contributed by atoms with van der Waals surface area (Å²) in [6.45, 7) is -0.122. The Morgan fingerprint density at radius 2 is 2.19 bits per heavy atom. The van der Waals surface area contributed by atoms with Gasteiger partial charge in [0.1, 0.15) is 17.4 Å². The molecule has 5 nitrogen and oxygen atoms in total. The molecule has 0 radical (unpaired) electrons. The van der Waals surface area contributed by atoms with E-state index in [4.69, 9.17) is 11.6 Å². The number of amides is 1. The average Bonchev–Trinajstić information content (AvgIpc) is 2.27. The van der Waals surface area contributed by atoms with E-state index in [2.05, 4.69) is 9.72 Å². The topological polar surface area (TPSA) is 59.5 Å². The molecule has 0 bridgehead atoms. The number of ether oxygens (including phenoxy) is 1. The normalized spacial score (nSPS) is 9.69. The van der Waals surface area contributed by atoms with E-state index in [1.54, 1.807) is 12.1 Å². The van der Waals surface area contributed by atoms with Crippen LogP contribution in [0.2, 0.25) is 5.15 Å². The minimum absolute atomic E-state index is 0.122. The van der Waals surface area contributed by atoms with Gasteiger partial charge in [-0.25, -0.2) is 4.98 Å². The van der Waals surface area contributed by atoms with Crippen molar-refractivity contribution in [1.82, 2.24) is 9.88 Å². The second-order valence-corrected chi connectivity index (χ2v) is 3.47.